The SMILES string of the molecule is O=C(Nc1cccc(CN2C(=O)CNC2=O)c1)c1cccc([N+](=O)[O-])c1. The normalized spacial score (nSPS) is 13.5. The molecule has 2 aromatic rings. The molecule has 3 rings (SSSR count). The standard InChI is InChI=1S/C17H14N4O5/c22-15-9-18-17(24)20(15)10-11-3-1-5-13(7-11)19-16(23)12-4-2-6-14(8-12)21(25)26/h1-8H,9-10H2,(H,18,24)(H,19,23). The Bertz CT molecular complexity index is 896. The lowest BCUT2D eigenvalue weighted by molar-refractivity contribution is -0.384. The van der Waals surface area contributed by atoms with E-state index in [0.717, 1.165) is 4.90 Å². The summed E-state index contributed by atoms with van der Waals surface area (Å²) >= 11 is 0. The van der Waals surface area contributed by atoms with E-state index in [4.69, 9.17) is 0 Å². The Morgan fingerprint density at radius 2 is 1.96 bits per heavy atom. The Kier molecular flexibility index (Phi) is 4.61. The lowest BCUT2D eigenvalue weighted by Crippen LogP contribution is -2.30. The van der Waals surface area contributed by atoms with Gasteiger partial charge < -0.3 is 10.6 Å². The Morgan fingerprint density at radius 3 is 2.65 bits per heavy atom. The second kappa shape index (κ2) is 7.01. The van der Waals surface area contributed by atoms with Crippen LogP contribution in [0.5, 0.6) is 0 Å². The van der Waals surface area contributed by atoms with Gasteiger partial charge in [0.2, 0.25) is 5.91 Å². The van der Waals surface area contributed by atoms with Crippen LogP contribution in [0, 0.1) is 10.1 Å². The molecule has 1 fully saturated rings. The van der Waals surface area contributed by atoms with Crippen molar-refractivity contribution < 1.29 is 19.3 Å². The molecule has 0 aliphatic carbocycles. The smallest absolute Gasteiger partial charge is 0.324 e. The molecule has 1 saturated heterocycles. The number of nitro benzene ring substituents is 1. The second-order valence-electron chi connectivity index (χ2n) is 5.60. The lowest BCUT2D eigenvalue weighted by Gasteiger charge is -2.13. The van der Waals surface area contributed by atoms with Crippen LogP contribution in [0.3, 0.4) is 0 Å². The van der Waals surface area contributed by atoms with Crippen LogP contribution in [0.4, 0.5) is 16.2 Å². The average molecular weight is 354 g/mol. The van der Waals surface area contributed by atoms with Crippen molar-refractivity contribution in [1.82, 2.24) is 10.2 Å². The van der Waals surface area contributed by atoms with Gasteiger partial charge in [0.05, 0.1) is 18.0 Å². The van der Waals surface area contributed by atoms with Crippen molar-refractivity contribution in [3.63, 3.8) is 0 Å². The summed E-state index contributed by atoms with van der Waals surface area (Å²) in [6, 6.07) is 11.6. The Labute approximate surface area is 147 Å². The molecule has 2 aromatic carbocycles. The predicted octanol–water partition coefficient (Wildman–Crippen LogP) is 1.90. The van der Waals surface area contributed by atoms with Crippen molar-refractivity contribution in [2.24, 2.45) is 0 Å². The van der Waals surface area contributed by atoms with Gasteiger partial charge in [0.1, 0.15) is 0 Å². The van der Waals surface area contributed by atoms with Crippen LogP contribution in [0.15, 0.2) is 48.5 Å². The molecule has 0 saturated carbocycles. The number of carbonyl (C=O) groups is 3. The van der Waals surface area contributed by atoms with Crippen molar-refractivity contribution >= 4 is 29.2 Å². The zero-order valence-electron chi connectivity index (χ0n) is 13.5. The highest BCUT2D eigenvalue weighted by molar-refractivity contribution is 6.04. The third kappa shape index (κ3) is 3.66. The number of amides is 4. The molecule has 0 spiro atoms. The van der Waals surface area contributed by atoms with Gasteiger partial charge in [0.15, 0.2) is 0 Å². The van der Waals surface area contributed by atoms with Gasteiger partial charge in [-0.2, -0.15) is 0 Å². The number of rotatable bonds is 5. The van der Waals surface area contributed by atoms with Gasteiger partial charge in [-0.3, -0.25) is 24.6 Å². The highest BCUT2D eigenvalue weighted by atomic mass is 16.6. The van der Waals surface area contributed by atoms with E-state index in [9.17, 15) is 24.5 Å². The van der Waals surface area contributed by atoms with E-state index in [1.807, 2.05) is 0 Å². The summed E-state index contributed by atoms with van der Waals surface area (Å²) in [6.45, 7) is 0.0627. The first-order chi connectivity index (χ1) is 12.4. The van der Waals surface area contributed by atoms with E-state index in [1.165, 1.54) is 24.3 Å². The minimum Gasteiger partial charge on any atom is -0.329 e. The molecule has 26 heavy (non-hydrogen) atoms. The first-order valence-corrected chi connectivity index (χ1v) is 7.67. The second-order valence-corrected chi connectivity index (χ2v) is 5.60. The lowest BCUT2D eigenvalue weighted by atomic mass is 10.1. The molecule has 4 amide bonds. The Hall–Kier alpha value is -3.75. The molecule has 9 heteroatoms. The van der Waals surface area contributed by atoms with Crippen LogP contribution in [0.1, 0.15) is 15.9 Å². The van der Waals surface area contributed by atoms with Crippen molar-refractivity contribution in [2.75, 3.05) is 11.9 Å². The summed E-state index contributed by atoms with van der Waals surface area (Å²) in [4.78, 5) is 46.8. The van der Waals surface area contributed by atoms with Crippen molar-refractivity contribution in [3.8, 4) is 0 Å². The van der Waals surface area contributed by atoms with Gasteiger partial charge in [-0.1, -0.05) is 18.2 Å². The summed E-state index contributed by atoms with van der Waals surface area (Å²) in [5.41, 5.74) is 1.09. The van der Waals surface area contributed by atoms with Gasteiger partial charge in [-0.15, -0.1) is 0 Å². The maximum Gasteiger partial charge on any atom is 0.324 e. The van der Waals surface area contributed by atoms with Gasteiger partial charge in [0, 0.05) is 23.4 Å². The third-order valence-electron chi connectivity index (χ3n) is 3.78. The maximum atomic E-state index is 12.3. The van der Waals surface area contributed by atoms with E-state index in [2.05, 4.69) is 10.6 Å². The minimum atomic E-state index is -0.574. The number of nitrogens with zero attached hydrogens (tertiary/aromatic N) is 2. The topological polar surface area (TPSA) is 122 Å². The molecular formula is C17H14N4O5. The molecule has 0 radical (unpaired) electrons. The van der Waals surface area contributed by atoms with Crippen LogP contribution >= 0.6 is 0 Å². The monoisotopic (exact) mass is 354 g/mol. The summed E-state index contributed by atoms with van der Waals surface area (Å²) in [5, 5.41) is 15.9. The van der Waals surface area contributed by atoms with E-state index < -0.39 is 16.9 Å². The number of non-ortho nitro benzene ring substituents is 1. The van der Waals surface area contributed by atoms with Crippen LogP contribution in [0.25, 0.3) is 0 Å². The Balaban J connectivity index is 1.73. The largest absolute Gasteiger partial charge is 0.329 e. The number of hydrogen-bond donors (Lipinski definition) is 2. The van der Waals surface area contributed by atoms with Crippen LogP contribution in [-0.4, -0.2) is 34.2 Å². The molecule has 1 aliphatic heterocycles. The molecule has 1 aliphatic rings. The molecule has 1 heterocycles. The number of urea groups is 1. The number of carbonyl (C=O) groups excluding carboxylic acids is 3. The van der Waals surface area contributed by atoms with Crippen molar-refractivity contribution in [2.45, 2.75) is 6.54 Å². The fourth-order valence-corrected chi connectivity index (χ4v) is 2.51. The zero-order chi connectivity index (χ0) is 18.7. The average Bonchev–Trinajstić information content (AvgIpc) is 2.94. The fraction of sp³-hybridized carbons (Fsp3) is 0.118. The van der Waals surface area contributed by atoms with Crippen molar-refractivity contribution in [3.05, 3.63) is 69.8 Å². The van der Waals surface area contributed by atoms with Crippen LogP contribution < -0.4 is 10.6 Å². The molecule has 2 N–H and O–H groups in total. The number of imide groups is 1. The predicted molar refractivity (Wildman–Crippen MR) is 91.4 cm³/mol. The zero-order valence-corrected chi connectivity index (χ0v) is 13.5. The van der Waals surface area contributed by atoms with E-state index in [1.54, 1.807) is 24.3 Å². The number of benzene rings is 2. The van der Waals surface area contributed by atoms with E-state index in [0.29, 0.717) is 11.3 Å². The number of anilines is 1. The molecule has 132 valence electrons. The summed E-state index contributed by atoms with van der Waals surface area (Å²) in [5.74, 6) is -0.818. The summed E-state index contributed by atoms with van der Waals surface area (Å²) < 4.78 is 0. The highest BCUT2D eigenvalue weighted by Gasteiger charge is 2.28. The minimum absolute atomic E-state index is 0.0257. The highest BCUT2D eigenvalue weighted by Crippen LogP contribution is 2.17. The van der Waals surface area contributed by atoms with E-state index in [-0.39, 0.29) is 30.2 Å². The van der Waals surface area contributed by atoms with Crippen LogP contribution in [0.2, 0.25) is 0 Å². The number of hydrogen-bond acceptors (Lipinski definition) is 5. The van der Waals surface area contributed by atoms with Gasteiger partial charge in [-0.25, -0.2) is 4.79 Å². The van der Waals surface area contributed by atoms with Gasteiger partial charge in [-0.05, 0) is 23.8 Å². The number of nitrogens with one attached hydrogen (secondary N) is 2. The molecule has 0 aromatic heterocycles. The quantitative estimate of drug-likeness (QED) is 0.482. The molecule has 0 atom stereocenters. The first-order valence-electron chi connectivity index (χ1n) is 7.67. The number of nitro groups is 1. The summed E-state index contributed by atoms with van der Waals surface area (Å²) in [6.07, 6.45) is 0. The molecule has 9 nitrogen and oxygen atoms in total. The van der Waals surface area contributed by atoms with E-state index >= 15 is 0 Å². The fourth-order valence-electron chi connectivity index (χ4n) is 2.51. The first kappa shape index (κ1) is 17.1. The van der Waals surface area contributed by atoms with Gasteiger partial charge in [0.25, 0.3) is 11.6 Å². The van der Waals surface area contributed by atoms with Crippen LogP contribution in [-0.2, 0) is 11.3 Å². The Morgan fingerprint density at radius 1 is 1.19 bits per heavy atom. The maximum absolute atomic E-state index is 12.3. The molecule has 0 unspecified atom stereocenters. The molecule has 0 bridgehead atoms. The van der Waals surface area contributed by atoms with Crippen molar-refractivity contribution in [1.29, 1.82) is 0 Å². The van der Waals surface area contributed by atoms with Gasteiger partial charge >= 0.3 is 6.03 Å². The third-order valence-corrected chi connectivity index (χ3v) is 3.78. The summed E-state index contributed by atoms with van der Waals surface area (Å²) in [7, 11) is 0. The molecular weight excluding hydrogens is 340 g/mol.